The number of ketones is 1. The maximum absolute atomic E-state index is 12.2. The lowest BCUT2D eigenvalue weighted by Crippen LogP contribution is -2.34. The Bertz CT molecular complexity index is 909. The van der Waals surface area contributed by atoms with Crippen molar-refractivity contribution in [2.24, 2.45) is 0 Å². The smallest absolute Gasteiger partial charge is 0.289 e. The molecule has 1 N–H and O–H groups in total. The summed E-state index contributed by atoms with van der Waals surface area (Å²) in [6, 6.07) is 16.4. The Morgan fingerprint density at radius 1 is 1.09 bits per heavy atom. The van der Waals surface area contributed by atoms with Crippen molar-refractivity contribution in [3.05, 3.63) is 86.8 Å². The second kappa shape index (κ2) is 6.58. The molecule has 114 valence electrons. The molecule has 3 rings (SSSR count). The number of allylic oxidation sites excluding steroid dienone is 1. The van der Waals surface area contributed by atoms with Gasteiger partial charge in [-0.05, 0) is 33.7 Å². The zero-order valence-corrected chi connectivity index (χ0v) is 13.5. The number of aromatic nitrogens is 2. The summed E-state index contributed by atoms with van der Waals surface area (Å²) in [5.74, 6) is -0.0924. The van der Waals surface area contributed by atoms with Crippen LogP contribution >= 0.6 is 15.9 Å². The van der Waals surface area contributed by atoms with E-state index in [1.54, 1.807) is 30.3 Å². The molecule has 0 aliphatic rings. The van der Waals surface area contributed by atoms with Crippen LogP contribution in [-0.4, -0.2) is 11.1 Å². The van der Waals surface area contributed by atoms with Gasteiger partial charge < -0.3 is 0 Å². The number of nitrogens with one attached hydrogen (secondary N) is 1. The lowest BCUT2D eigenvalue weighted by molar-refractivity contribution is -0.680. The van der Waals surface area contributed by atoms with Crippen molar-refractivity contribution in [3.8, 4) is 5.69 Å². The van der Waals surface area contributed by atoms with Crippen LogP contribution in [0.4, 0.5) is 0 Å². The van der Waals surface area contributed by atoms with Gasteiger partial charge in [0.15, 0.2) is 5.78 Å². The molecule has 0 fully saturated rings. The third kappa shape index (κ3) is 3.37. The zero-order valence-electron chi connectivity index (χ0n) is 11.9. The van der Waals surface area contributed by atoms with Gasteiger partial charge in [-0.1, -0.05) is 36.4 Å². The lowest BCUT2D eigenvalue weighted by atomic mass is 10.1. The molecule has 0 amide bonds. The summed E-state index contributed by atoms with van der Waals surface area (Å²) in [6.07, 6.45) is 3.31. The van der Waals surface area contributed by atoms with Crippen LogP contribution < -0.4 is 10.3 Å². The first kappa shape index (κ1) is 15.2. The molecule has 1 heterocycles. The van der Waals surface area contributed by atoms with Gasteiger partial charge in [0.2, 0.25) is 5.69 Å². The summed E-state index contributed by atoms with van der Waals surface area (Å²) in [5.41, 5.74) is 1.69. The Morgan fingerprint density at radius 3 is 2.39 bits per heavy atom. The number of nitrogens with zero attached hydrogens (tertiary/aromatic N) is 1. The van der Waals surface area contributed by atoms with Crippen LogP contribution in [0.5, 0.6) is 0 Å². The van der Waals surface area contributed by atoms with Gasteiger partial charge in [-0.15, -0.1) is 0 Å². The summed E-state index contributed by atoms with van der Waals surface area (Å²) < 4.78 is 6.36. The molecule has 23 heavy (non-hydrogen) atoms. The first-order valence-electron chi connectivity index (χ1n) is 6.82. The number of rotatable bonds is 4. The van der Waals surface area contributed by atoms with Gasteiger partial charge in [-0.2, -0.15) is 0 Å². The highest BCUT2D eigenvalue weighted by Gasteiger charge is 2.20. The van der Waals surface area contributed by atoms with Crippen molar-refractivity contribution in [1.82, 2.24) is 5.27 Å². The molecule has 0 saturated heterocycles. The van der Waals surface area contributed by atoms with E-state index in [1.165, 1.54) is 10.8 Å². The van der Waals surface area contributed by atoms with Crippen LogP contribution in [0.3, 0.4) is 0 Å². The largest absolute Gasteiger partial charge is 0.442 e. The second-order valence-corrected chi connectivity index (χ2v) is 5.51. The Balaban J connectivity index is 1.79. The zero-order chi connectivity index (χ0) is 16.2. The quantitative estimate of drug-likeness (QED) is 0.435. The van der Waals surface area contributed by atoms with E-state index in [4.69, 9.17) is 0 Å². The van der Waals surface area contributed by atoms with Crippen LogP contribution in [0.1, 0.15) is 15.9 Å². The molecule has 0 unspecified atom stereocenters. The average molecular weight is 372 g/mol. The minimum absolute atomic E-state index is 0.0924. The van der Waals surface area contributed by atoms with Gasteiger partial charge in [0, 0.05) is 33.6 Å². The van der Waals surface area contributed by atoms with Gasteiger partial charge >= 0.3 is 10.2 Å². The van der Waals surface area contributed by atoms with E-state index >= 15 is 0 Å². The third-order valence-corrected chi connectivity index (χ3v) is 3.91. The Hall–Kier alpha value is -2.73. The van der Waals surface area contributed by atoms with Crippen LogP contribution in [0.15, 0.2) is 74.6 Å². The van der Waals surface area contributed by atoms with Gasteiger partial charge in [-0.25, -0.2) is 4.79 Å². The molecular weight excluding hydrogens is 360 g/mol. The Labute approximate surface area is 140 Å². The minimum Gasteiger partial charge on any atom is -0.289 e. The number of carbonyl (C=O) groups is 1. The first-order valence-corrected chi connectivity index (χ1v) is 7.61. The van der Waals surface area contributed by atoms with Crippen molar-refractivity contribution in [3.63, 3.8) is 0 Å². The van der Waals surface area contributed by atoms with Crippen LogP contribution in [0, 0.1) is 0 Å². The third-order valence-electron chi connectivity index (χ3n) is 3.23. The maximum Gasteiger partial charge on any atom is 0.442 e. The SMILES string of the molecule is O=C(/C=C/c1ccccc1)c1ccc(-[n+]2[nH]oc(=O)c2Br)cc1. The number of benzene rings is 2. The molecule has 2 aromatic carbocycles. The monoisotopic (exact) mass is 371 g/mol. The number of hydrogen-bond acceptors (Lipinski definition) is 3. The highest BCUT2D eigenvalue weighted by molar-refractivity contribution is 9.10. The summed E-state index contributed by atoms with van der Waals surface area (Å²) in [6.45, 7) is 0. The normalized spacial score (nSPS) is 11.0. The Kier molecular flexibility index (Phi) is 4.34. The molecule has 0 bridgehead atoms. The topological polar surface area (TPSA) is 66.9 Å². The van der Waals surface area contributed by atoms with Crippen molar-refractivity contribution in [2.45, 2.75) is 0 Å². The van der Waals surface area contributed by atoms with E-state index in [0.29, 0.717) is 11.3 Å². The minimum atomic E-state index is -0.504. The van der Waals surface area contributed by atoms with Gasteiger partial charge in [-0.3, -0.25) is 9.32 Å². The summed E-state index contributed by atoms with van der Waals surface area (Å²) in [4.78, 5) is 23.4. The molecule has 3 aromatic rings. The summed E-state index contributed by atoms with van der Waals surface area (Å²) in [7, 11) is 0. The van der Waals surface area contributed by atoms with Gasteiger partial charge in [0.25, 0.3) is 0 Å². The van der Waals surface area contributed by atoms with E-state index in [1.807, 2.05) is 30.3 Å². The molecule has 0 spiro atoms. The van der Waals surface area contributed by atoms with E-state index in [-0.39, 0.29) is 10.4 Å². The molecule has 0 aliphatic carbocycles. The number of aromatic amines is 1. The van der Waals surface area contributed by atoms with E-state index in [0.717, 1.165) is 5.56 Å². The Morgan fingerprint density at radius 2 is 1.78 bits per heavy atom. The molecule has 5 nitrogen and oxygen atoms in total. The van der Waals surface area contributed by atoms with Crippen molar-refractivity contribution in [1.29, 1.82) is 0 Å². The molecule has 0 aliphatic heterocycles. The molecule has 0 saturated carbocycles. The number of carbonyl (C=O) groups excluding carboxylic acids is 1. The van der Waals surface area contributed by atoms with E-state index in [9.17, 15) is 9.59 Å². The number of H-pyrrole nitrogens is 1. The standard InChI is InChI=1S/C17H11BrN2O3/c18-16-17(22)23-19-20(16)14-9-7-13(8-10-14)15(21)11-6-12-4-2-1-3-5-12/h1-11H/p+1/b11-6+. The molecule has 0 atom stereocenters. The summed E-state index contributed by atoms with van der Waals surface area (Å²) in [5, 5.41) is 2.47. The number of hydrogen-bond donors (Lipinski definition) is 1. The van der Waals surface area contributed by atoms with Crippen molar-refractivity contribution < 1.29 is 14.0 Å². The highest BCUT2D eigenvalue weighted by atomic mass is 79.9. The van der Waals surface area contributed by atoms with E-state index < -0.39 is 5.63 Å². The maximum atomic E-state index is 12.2. The second-order valence-electron chi connectivity index (χ2n) is 4.76. The van der Waals surface area contributed by atoms with Crippen LogP contribution in [-0.2, 0) is 0 Å². The van der Waals surface area contributed by atoms with Crippen molar-refractivity contribution in [2.75, 3.05) is 0 Å². The van der Waals surface area contributed by atoms with Crippen LogP contribution in [0.25, 0.3) is 11.8 Å². The van der Waals surface area contributed by atoms with E-state index in [2.05, 4.69) is 25.7 Å². The molecular formula is C17H12BrN2O3+. The van der Waals surface area contributed by atoms with Gasteiger partial charge in [0.1, 0.15) is 0 Å². The first-order chi connectivity index (χ1) is 11.1. The molecule has 0 radical (unpaired) electrons. The number of halogens is 1. The van der Waals surface area contributed by atoms with Crippen molar-refractivity contribution >= 4 is 27.8 Å². The predicted octanol–water partition coefficient (Wildman–Crippen LogP) is 2.90. The fourth-order valence-corrected chi connectivity index (χ4v) is 2.39. The fraction of sp³-hybridized carbons (Fsp3) is 0. The average Bonchev–Trinajstić information content (AvgIpc) is 2.93. The predicted molar refractivity (Wildman–Crippen MR) is 88.4 cm³/mol. The molecule has 1 aromatic heterocycles. The highest BCUT2D eigenvalue weighted by Crippen LogP contribution is 2.09. The summed E-state index contributed by atoms with van der Waals surface area (Å²) >= 11 is 3.13. The molecule has 6 heteroatoms. The van der Waals surface area contributed by atoms with Gasteiger partial charge in [0.05, 0.1) is 0 Å². The fourth-order valence-electron chi connectivity index (χ4n) is 2.03. The van der Waals surface area contributed by atoms with Crippen LogP contribution in [0.2, 0.25) is 0 Å². The lowest BCUT2D eigenvalue weighted by Gasteiger charge is -1.96.